The Labute approximate surface area is 172 Å². The number of aromatic nitrogens is 3. The molecule has 3 aromatic rings. The molecule has 6 nitrogen and oxygen atoms in total. The van der Waals surface area contributed by atoms with Crippen molar-refractivity contribution in [2.45, 2.75) is 13.0 Å². The maximum absolute atomic E-state index is 13.0. The van der Waals surface area contributed by atoms with Crippen molar-refractivity contribution in [3.8, 4) is 11.5 Å². The van der Waals surface area contributed by atoms with Crippen LogP contribution in [0.4, 0.5) is 8.78 Å². The highest BCUT2D eigenvalue weighted by Gasteiger charge is 2.16. The maximum atomic E-state index is 13.0. The molecule has 0 aliphatic heterocycles. The Kier molecular flexibility index (Phi) is 6.53. The third-order valence-electron chi connectivity index (χ3n) is 3.71. The van der Waals surface area contributed by atoms with Gasteiger partial charge < -0.3 is 9.47 Å². The van der Waals surface area contributed by atoms with E-state index in [1.807, 2.05) is 24.3 Å². The molecule has 0 aliphatic carbocycles. The SMILES string of the molecule is COc1ccc(/C=N/n2c(C(F)F)n[nH]c2=S)cc1COc1ccc(Br)cc1. The molecule has 0 aliphatic rings. The van der Waals surface area contributed by atoms with Crippen LogP contribution in [0.25, 0.3) is 0 Å². The van der Waals surface area contributed by atoms with Crippen LogP contribution in [0.2, 0.25) is 0 Å². The third kappa shape index (κ3) is 4.82. The van der Waals surface area contributed by atoms with Crippen molar-refractivity contribution in [3.63, 3.8) is 0 Å². The van der Waals surface area contributed by atoms with Gasteiger partial charge in [0.2, 0.25) is 10.6 Å². The first kappa shape index (κ1) is 20.2. The second-order valence-corrected chi connectivity index (χ2v) is 6.86. The number of H-pyrrole nitrogens is 1. The first-order chi connectivity index (χ1) is 13.5. The highest BCUT2D eigenvalue weighted by Crippen LogP contribution is 2.23. The first-order valence-corrected chi connectivity index (χ1v) is 9.23. The second-order valence-electron chi connectivity index (χ2n) is 5.56. The molecule has 0 spiro atoms. The number of alkyl halides is 2. The van der Waals surface area contributed by atoms with Gasteiger partial charge in [-0.05, 0) is 60.2 Å². The Morgan fingerprint density at radius 2 is 2.04 bits per heavy atom. The number of aromatic amines is 1. The van der Waals surface area contributed by atoms with Crippen molar-refractivity contribution >= 4 is 34.4 Å². The summed E-state index contributed by atoms with van der Waals surface area (Å²) in [5.41, 5.74) is 1.44. The molecule has 0 radical (unpaired) electrons. The molecule has 28 heavy (non-hydrogen) atoms. The van der Waals surface area contributed by atoms with Gasteiger partial charge in [0.25, 0.3) is 6.43 Å². The molecule has 0 fully saturated rings. The summed E-state index contributed by atoms with van der Waals surface area (Å²) in [6, 6.07) is 12.7. The zero-order chi connectivity index (χ0) is 20.1. The quantitative estimate of drug-likeness (QED) is 0.386. The molecule has 1 heterocycles. The zero-order valence-corrected chi connectivity index (χ0v) is 17.0. The summed E-state index contributed by atoms with van der Waals surface area (Å²) in [5.74, 6) is 0.798. The van der Waals surface area contributed by atoms with Crippen LogP contribution < -0.4 is 9.47 Å². The van der Waals surface area contributed by atoms with Crippen LogP contribution in [0.3, 0.4) is 0 Å². The Morgan fingerprint density at radius 1 is 1.29 bits per heavy atom. The first-order valence-electron chi connectivity index (χ1n) is 8.03. The number of rotatable bonds is 7. The Balaban J connectivity index is 1.81. The van der Waals surface area contributed by atoms with Gasteiger partial charge in [-0.2, -0.15) is 14.9 Å². The molecule has 0 atom stereocenters. The smallest absolute Gasteiger partial charge is 0.299 e. The Bertz CT molecular complexity index is 1030. The van der Waals surface area contributed by atoms with E-state index in [1.165, 1.54) is 6.21 Å². The van der Waals surface area contributed by atoms with E-state index in [4.69, 9.17) is 21.7 Å². The summed E-state index contributed by atoms with van der Waals surface area (Å²) in [5, 5.41) is 9.79. The number of ether oxygens (including phenoxy) is 2. The highest BCUT2D eigenvalue weighted by atomic mass is 79.9. The molecule has 0 saturated carbocycles. The van der Waals surface area contributed by atoms with Crippen LogP contribution in [0, 0.1) is 4.77 Å². The summed E-state index contributed by atoms with van der Waals surface area (Å²) in [7, 11) is 1.56. The topological polar surface area (TPSA) is 64.4 Å². The van der Waals surface area contributed by atoms with Gasteiger partial charge in [0, 0.05) is 10.0 Å². The minimum Gasteiger partial charge on any atom is -0.496 e. The Morgan fingerprint density at radius 3 is 2.71 bits per heavy atom. The van der Waals surface area contributed by atoms with Crippen molar-refractivity contribution < 1.29 is 18.3 Å². The zero-order valence-electron chi connectivity index (χ0n) is 14.6. The lowest BCUT2D eigenvalue weighted by molar-refractivity contribution is 0.136. The van der Waals surface area contributed by atoms with E-state index in [0.29, 0.717) is 17.1 Å². The highest BCUT2D eigenvalue weighted by molar-refractivity contribution is 9.10. The predicted octanol–water partition coefficient (Wildman–Crippen LogP) is 5.11. The van der Waals surface area contributed by atoms with E-state index in [0.717, 1.165) is 14.7 Å². The Hall–Kier alpha value is -2.59. The van der Waals surface area contributed by atoms with Gasteiger partial charge in [0.1, 0.15) is 18.1 Å². The molecule has 0 unspecified atom stereocenters. The minimum atomic E-state index is -2.80. The normalized spacial score (nSPS) is 11.3. The van der Waals surface area contributed by atoms with Gasteiger partial charge in [-0.15, -0.1) is 0 Å². The van der Waals surface area contributed by atoms with Crippen molar-refractivity contribution in [3.05, 3.63) is 68.7 Å². The van der Waals surface area contributed by atoms with E-state index < -0.39 is 12.2 Å². The van der Waals surface area contributed by atoms with Crippen LogP contribution in [0.1, 0.15) is 23.4 Å². The monoisotopic (exact) mass is 468 g/mol. The van der Waals surface area contributed by atoms with Gasteiger partial charge in [-0.1, -0.05) is 15.9 Å². The van der Waals surface area contributed by atoms with Crippen LogP contribution >= 0.6 is 28.1 Å². The molecule has 1 N–H and O–H groups in total. The lowest BCUT2D eigenvalue weighted by Crippen LogP contribution is -2.01. The molecule has 1 aromatic heterocycles. The number of methoxy groups -OCH3 is 1. The number of hydrogen-bond acceptors (Lipinski definition) is 5. The van der Waals surface area contributed by atoms with E-state index in [2.05, 4.69) is 31.2 Å². The van der Waals surface area contributed by atoms with Crippen molar-refractivity contribution in [1.29, 1.82) is 0 Å². The predicted molar refractivity (Wildman–Crippen MR) is 107 cm³/mol. The van der Waals surface area contributed by atoms with Crippen LogP contribution in [0.5, 0.6) is 11.5 Å². The van der Waals surface area contributed by atoms with Gasteiger partial charge in [0.05, 0.1) is 13.3 Å². The van der Waals surface area contributed by atoms with E-state index >= 15 is 0 Å². The van der Waals surface area contributed by atoms with E-state index in [1.54, 1.807) is 25.3 Å². The summed E-state index contributed by atoms with van der Waals surface area (Å²) in [6.07, 6.45) is -1.38. The standard InChI is InChI=1S/C18H15BrF2N4O2S/c1-26-15-7-2-11(9-22-25-17(16(20)21)23-24-18(25)28)8-12(15)10-27-14-5-3-13(19)4-6-14/h2-9,16H,10H2,1H3,(H,24,28)/b22-9+. The lowest BCUT2D eigenvalue weighted by atomic mass is 10.1. The summed E-state index contributed by atoms with van der Waals surface area (Å²) < 4.78 is 38.9. The van der Waals surface area contributed by atoms with Crippen LogP contribution in [-0.4, -0.2) is 28.2 Å². The summed E-state index contributed by atoms with van der Waals surface area (Å²) in [6.45, 7) is 0.264. The van der Waals surface area contributed by atoms with Crippen LogP contribution in [-0.2, 0) is 6.61 Å². The molecule has 0 saturated heterocycles. The molecule has 0 bridgehead atoms. The minimum absolute atomic E-state index is 0.0149. The van der Waals surface area contributed by atoms with Gasteiger partial charge in [-0.3, -0.25) is 0 Å². The summed E-state index contributed by atoms with van der Waals surface area (Å²) >= 11 is 8.31. The van der Waals surface area contributed by atoms with Crippen LogP contribution in [0.15, 0.2) is 52.0 Å². The largest absolute Gasteiger partial charge is 0.496 e. The number of benzene rings is 2. The third-order valence-corrected chi connectivity index (χ3v) is 4.50. The molecule has 10 heteroatoms. The molecule has 146 valence electrons. The summed E-state index contributed by atoms with van der Waals surface area (Å²) in [4.78, 5) is 0. The molecule has 3 rings (SSSR count). The average Bonchev–Trinajstić information content (AvgIpc) is 3.06. The maximum Gasteiger partial charge on any atom is 0.299 e. The number of nitrogens with zero attached hydrogens (tertiary/aromatic N) is 3. The molecular weight excluding hydrogens is 454 g/mol. The fourth-order valence-corrected chi connectivity index (χ4v) is 2.82. The van der Waals surface area contributed by atoms with Gasteiger partial charge in [0.15, 0.2) is 0 Å². The van der Waals surface area contributed by atoms with Gasteiger partial charge >= 0.3 is 0 Å². The number of nitrogens with one attached hydrogen (secondary N) is 1. The van der Waals surface area contributed by atoms with Gasteiger partial charge in [-0.25, -0.2) is 13.9 Å². The second kappa shape index (κ2) is 9.07. The molecule has 0 amide bonds. The fourth-order valence-electron chi connectivity index (χ4n) is 2.36. The number of halogens is 3. The van der Waals surface area contributed by atoms with Crippen molar-refractivity contribution in [2.24, 2.45) is 5.10 Å². The fraction of sp³-hybridized carbons (Fsp3) is 0.167. The van der Waals surface area contributed by atoms with E-state index in [-0.39, 0.29) is 11.4 Å². The molecule has 2 aromatic carbocycles. The average molecular weight is 469 g/mol. The molecular formula is C18H15BrF2N4O2S. The van der Waals surface area contributed by atoms with Crippen molar-refractivity contribution in [1.82, 2.24) is 14.9 Å². The van der Waals surface area contributed by atoms with E-state index in [9.17, 15) is 8.78 Å². The lowest BCUT2D eigenvalue weighted by Gasteiger charge is -2.11. The number of hydrogen-bond donors (Lipinski definition) is 1. The van der Waals surface area contributed by atoms with Crippen molar-refractivity contribution in [2.75, 3.05) is 7.11 Å².